The topological polar surface area (TPSA) is 40.5 Å². The molecule has 0 amide bonds. The maximum atomic E-state index is 10.5. The van der Waals surface area contributed by atoms with Gasteiger partial charge in [0.1, 0.15) is 0 Å². The van der Waals surface area contributed by atoms with E-state index in [-0.39, 0.29) is 17.6 Å². The predicted octanol–water partition coefficient (Wildman–Crippen LogP) is 1.80. The van der Waals surface area contributed by atoms with Gasteiger partial charge in [0.2, 0.25) is 0 Å². The molecule has 6 atom stereocenters. The summed E-state index contributed by atoms with van der Waals surface area (Å²) in [4.78, 5) is 0. The molecule has 0 aromatic rings. The van der Waals surface area contributed by atoms with Gasteiger partial charge in [0.05, 0.1) is 12.2 Å². The van der Waals surface area contributed by atoms with E-state index in [0.717, 1.165) is 11.8 Å². The highest BCUT2D eigenvalue weighted by Gasteiger charge is 2.75. The summed E-state index contributed by atoms with van der Waals surface area (Å²) in [5.41, 5.74) is 0.292. The Morgan fingerprint density at radius 3 is 1.69 bits per heavy atom. The monoisotopic (exact) mass is 222 g/mol. The molecule has 90 valence electrons. The molecule has 2 nitrogen and oxygen atoms in total. The normalized spacial score (nSPS) is 59.2. The average Bonchev–Trinajstić information content (AvgIpc) is 2.87. The van der Waals surface area contributed by atoms with Crippen molar-refractivity contribution >= 4 is 0 Å². The van der Waals surface area contributed by atoms with Gasteiger partial charge in [0.25, 0.3) is 0 Å². The summed E-state index contributed by atoms with van der Waals surface area (Å²) in [6.07, 6.45) is 4.81. The summed E-state index contributed by atoms with van der Waals surface area (Å²) in [5.74, 6) is 2.28. The molecule has 0 radical (unpaired) electrons. The molecule has 4 aliphatic rings. The molecule has 0 saturated heterocycles. The smallest absolute Gasteiger partial charge is 0.0650 e. The number of aliphatic hydroxyl groups is 2. The Hall–Kier alpha value is -0.0800. The highest BCUT2D eigenvalue weighted by Crippen LogP contribution is 2.78. The van der Waals surface area contributed by atoms with E-state index >= 15 is 0 Å². The van der Waals surface area contributed by atoms with Gasteiger partial charge < -0.3 is 10.2 Å². The number of hydrogen-bond acceptors (Lipinski definition) is 2. The van der Waals surface area contributed by atoms with Crippen molar-refractivity contribution in [1.29, 1.82) is 0 Å². The average molecular weight is 222 g/mol. The van der Waals surface area contributed by atoms with Crippen molar-refractivity contribution in [2.75, 3.05) is 0 Å². The zero-order chi connectivity index (χ0) is 11.3. The van der Waals surface area contributed by atoms with Crippen LogP contribution in [0.4, 0.5) is 0 Å². The quantitative estimate of drug-likeness (QED) is 0.656. The van der Waals surface area contributed by atoms with Crippen LogP contribution in [0.2, 0.25) is 0 Å². The predicted molar refractivity (Wildman–Crippen MR) is 60.7 cm³/mol. The van der Waals surface area contributed by atoms with Crippen molar-refractivity contribution in [3.8, 4) is 0 Å². The minimum Gasteiger partial charge on any atom is -0.392 e. The summed E-state index contributed by atoms with van der Waals surface area (Å²) in [7, 11) is 0. The molecule has 0 aromatic heterocycles. The standard InChI is InChI=1S/C14H22O2/c1-13(2)11(15)9-7-3-4-8(10(9)12(13)16)14(7)5-6-14/h7-12,15-16H,3-6H2,1-2H3/t7-,8-,9-,10+,11+,12-/m1/s1. The van der Waals surface area contributed by atoms with Gasteiger partial charge in [0.15, 0.2) is 0 Å². The molecular weight excluding hydrogens is 200 g/mol. The molecule has 0 aromatic carbocycles. The number of aliphatic hydroxyl groups excluding tert-OH is 2. The summed E-state index contributed by atoms with van der Waals surface area (Å²) in [5, 5.41) is 21.0. The van der Waals surface area contributed by atoms with E-state index in [2.05, 4.69) is 0 Å². The van der Waals surface area contributed by atoms with Gasteiger partial charge in [0, 0.05) is 5.41 Å². The Labute approximate surface area is 97.0 Å². The SMILES string of the molecule is CC1(C)[C@H](O)[C@@H]2[C@@H]([C@H]3CC[C@H]2C32CC2)[C@@H]1O. The third kappa shape index (κ3) is 0.799. The van der Waals surface area contributed by atoms with Crippen LogP contribution in [0, 0.1) is 34.5 Å². The van der Waals surface area contributed by atoms with Gasteiger partial charge in [-0.15, -0.1) is 0 Å². The zero-order valence-electron chi connectivity index (χ0n) is 10.2. The lowest BCUT2D eigenvalue weighted by Crippen LogP contribution is -2.37. The van der Waals surface area contributed by atoms with E-state index in [1.807, 2.05) is 13.8 Å². The van der Waals surface area contributed by atoms with E-state index < -0.39 is 0 Å². The van der Waals surface area contributed by atoms with Crippen LogP contribution < -0.4 is 0 Å². The first kappa shape index (κ1) is 9.90. The Kier molecular flexibility index (Phi) is 1.55. The minimum atomic E-state index is -0.285. The van der Waals surface area contributed by atoms with Gasteiger partial charge >= 0.3 is 0 Å². The van der Waals surface area contributed by atoms with Crippen LogP contribution in [0.1, 0.15) is 39.5 Å². The fourth-order valence-corrected chi connectivity index (χ4v) is 5.81. The van der Waals surface area contributed by atoms with Crippen molar-refractivity contribution < 1.29 is 10.2 Å². The van der Waals surface area contributed by atoms with Crippen molar-refractivity contribution in [3.63, 3.8) is 0 Å². The van der Waals surface area contributed by atoms with E-state index in [4.69, 9.17) is 0 Å². The van der Waals surface area contributed by atoms with E-state index in [1.165, 1.54) is 25.7 Å². The van der Waals surface area contributed by atoms with E-state index in [0.29, 0.717) is 17.3 Å². The van der Waals surface area contributed by atoms with Crippen LogP contribution in [0.3, 0.4) is 0 Å². The first-order chi connectivity index (χ1) is 7.50. The number of fused-ring (bicyclic) bond motifs is 3. The second kappa shape index (κ2) is 2.51. The lowest BCUT2D eigenvalue weighted by molar-refractivity contribution is -0.0272. The third-order valence-corrected chi connectivity index (χ3v) is 6.72. The molecule has 4 rings (SSSR count). The molecular formula is C14H22O2. The van der Waals surface area contributed by atoms with Crippen molar-refractivity contribution in [3.05, 3.63) is 0 Å². The summed E-state index contributed by atoms with van der Waals surface area (Å²) >= 11 is 0. The van der Waals surface area contributed by atoms with Crippen molar-refractivity contribution in [2.24, 2.45) is 34.5 Å². The van der Waals surface area contributed by atoms with Gasteiger partial charge in [-0.05, 0) is 54.8 Å². The number of rotatable bonds is 0. The Balaban J connectivity index is 1.79. The second-order valence-corrected chi connectivity index (χ2v) is 7.39. The molecule has 4 aliphatic carbocycles. The molecule has 2 bridgehead atoms. The van der Waals surface area contributed by atoms with Crippen molar-refractivity contribution in [2.45, 2.75) is 51.7 Å². The summed E-state index contributed by atoms with van der Waals surface area (Å²) in [6.45, 7) is 4.08. The molecule has 4 saturated carbocycles. The van der Waals surface area contributed by atoms with Crippen LogP contribution in [0.5, 0.6) is 0 Å². The highest BCUT2D eigenvalue weighted by molar-refractivity contribution is 5.23. The van der Waals surface area contributed by atoms with E-state index in [1.54, 1.807) is 0 Å². The lowest BCUT2D eigenvalue weighted by Gasteiger charge is -2.32. The van der Waals surface area contributed by atoms with Crippen LogP contribution in [-0.4, -0.2) is 22.4 Å². The molecule has 0 aliphatic heterocycles. The van der Waals surface area contributed by atoms with Crippen LogP contribution >= 0.6 is 0 Å². The molecule has 0 heterocycles. The number of hydrogen-bond donors (Lipinski definition) is 2. The Morgan fingerprint density at radius 1 is 0.875 bits per heavy atom. The Bertz CT molecular complexity index is 317. The molecule has 2 heteroatoms. The van der Waals surface area contributed by atoms with Crippen molar-refractivity contribution in [1.82, 2.24) is 0 Å². The third-order valence-electron chi connectivity index (χ3n) is 6.72. The minimum absolute atomic E-state index is 0.278. The summed E-state index contributed by atoms with van der Waals surface area (Å²) in [6, 6.07) is 0. The maximum absolute atomic E-state index is 10.5. The van der Waals surface area contributed by atoms with Gasteiger partial charge in [-0.1, -0.05) is 13.8 Å². The summed E-state index contributed by atoms with van der Waals surface area (Å²) < 4.78 is 0. The molecule has 1 spiro atoms. The van der Waals surface area contributed by atoms with Gasteiger partial charge in [-0.25, -0.2) is 0 Å². The maximum Gasteiger partial charge on any atom is 0.0650 e. The van der Waals surface area contributed by atoms with E-state index in [9.17, 15) is 10.2 Å². The van der Waals surface area contributed by atoms with Gasteiger partial charge in [-0.3, -0.25) is 0 Å². The molecule has 0 unspecified atom stereocenters. The Morgan fingerprint density at radius 2 is 1.31 bits per heavy atom. The first-order valence-corrected chi connectivity index (χ1v) is 6.86. The molecule has 2 N–H and O–H groups in total. The fraction of sp³-hybridized carbons (Fsp3) is 1.00. The van der Waals surface area contributed by atoms with Crippen LogP contribution in [-0.2, 0) is 0 Å². The molecule has 4 fully saturated rings. The second-order valence-electron chi connectivity index (χ2n) is 7.39. The van der Waals surface area contributed by atoms with Crippen LogP contribution in [0.15, 0.2) is 0 Å². The van der Waals surface area contributed by atoms with Gasteiger partial charge in [-0.2, -0.15) is 0 Å². The van der Waals surface area contributed by atoms with Crippen LogP contribution in [0.25, 0.3) is 0 Å². The first-order valence-electron chi connectivity index (χ1n) is 6.86. The highest BCUT2D eigenvalue weighted by atomic mass is 16.3. The zero-order valence-corrected chi connectivity index (χ0v) is 10.2. The lowest BCUT2D eigenvalue weighted by atomic mass is 9.78. The fourth-order valence-electron chi connectivity index (χ4n) is 5.81. The molecule has 16 heavy (non-hydrogen) atoms. The largest absolute Gasteiger partial charge is 0.392 e.